The van der Waals surface area contributed by atoms with E-state index in [9.17, 15) is 0 Å². The topological polar surface area (TPSA) is 9.23 Å². The fourth-order valence-corrected chi connectivity index (χ4v) is 1.77. The monoisotopic (exact) mass is 218 g/mol. The summed E-state index contributed by atoms with van der Waals surface area (Å²) < 4.78 is 5.13. The Morgan fingerprint density at radius 3 is 1.93 bits per heavy atom. The first-order valence-corrected chi connectivity index (χ1v) is 6.64. The Kier molecular flexibility index (Phi) is 11.8. The van der Waals surface area contributed by atoms with Gasteiger partial charge < -0.3 is 4.52 Å². The number of unbranched alkanes of at least 4 members (excludes halogenated alkanes) is 7. The molecule has 0 aliphatic carbocycles. The molecule has 0 rings (SSSR count). The quantitative estimate of drug-likeness (QED) is 0.381. The molecule has 86 valence electrons. The summed E-state index contributed by atoms with van der Waals surface area (Å²) in [6.45, 7) is 4.40. The van der Waals surface area contributed by atoms with Crippen LogP contribution in [0.3, 0.4) is 0 Å². The van der Waals surface area contributed by atoms with E-state index in [-0.39, 0.29) is 0 Å². The van der Waals surface area contributed by atoms with Crippen LogP contribution in [0.25, 0.3) is 0 Å². The van der Waals surface area contributed by atoms with E-state index < -0.39 is 0 Å². The third kappa shape index (κ3) is 10.5. The summed E-state index contributed by atoms with van der Waals surface area (Å²) in [6, 6.07) is 0. The van der Waals surface area contributed by atoms with Crippen molar-refractivity contribution in [1.29, 1.82) is 0 Å². The van der Waals surface area contributed by atoms with Gasteiger partial charge in [-0.05, 0) is 13.3 Å². The highest BCUT2D eigenvalue weighted by molar-refractivity contribution is 7.09. The van der Waals surface area contributed by atoms with Crippen molar-refractivity contribution in [1.82, 2.24) is 0 Å². The Bertz CT molecular complexity index is 106. The van der Waals surface area contributed by atoms with Crippen LogP contribution in [0.1, 0.15) is 71.6 Å². The standard InChI is InChI=1S/C12H27OP/c1-3-4-5-6-7-8-9-10-11-12(2)13-14/h12H,3-11,14H2,1-2H3. The van der Waals surface area contributed by atoms with E-state index in [1.54, 1.807) is 0 Å². The van der Waals surface area contributed by atoms with Gasteiger partial charge in [0.2, 0.25) is 0 Å². The van der Waals surface area contributed by atoms with Gasteiger partial charge in [-0.25, -0.2) is 0 Å². The smallest absolute Gasteiger partial charge is 0.0582 e. The molecule has 0 bridgehead atoms. The Hall–Kier alpha value is 0.390. The van der Waals surface area contributed by atoms with Crippen molar-refractivity contribution in [3.8, 4) is 0 Å². The third-order valence-electron chi connectivity index (χ3n) is 2.70. The second-order valence-corrected chi connectivity index (χ2v) is 4.48. The van der Waals surface area contributed by atoms with Gasteiger partial charge in [0.15, 0.2) is 0 Å². The van der Waals surface area contributed by atoms with Gasteiger partial charge in [0.05, 0.1) is 6.10 Å². The van der Waals surface area contributed by atoms with Crippen molar-refractivity contribution in [2.75, 3.05) is 0 Å². The highest BCUT2D eigenvalue weighted by Gasteiger charge is 1.98. The van der Waals surface area contributed by atoms with Gasteiger partial charge in [-0.3, -0.25) is 0 Å². The third-order valence-corrected chi connectivity index (χ3v) is 3.16. The molecule has 1 nitrogen and oxygen atoms in total. The van der Waals surface area contributed by atoms with Gasteiger partial charge in [0.25, 0.3) is 0 Å². The Labute approximate surface area is 92.3 Å². The molecule has 2 heteroatoms. The van der Waals surface area contributed by atoms with E-state index in [1.165, 1.54) is 57.8 Å². The first-order valence-electron chi connectivity index (χ1n) is 6.16. The second-order valence-electron chi connectivity index (χ2n) is 4.21. The molecule has 0 saturated heterocycles. The fourth-order valence-electron chi connectivity index (χ4n) is 1.63. The summed E-state index contributed by atoms with van der Waals surface area (Å²) in [7, 11) is 2.35. The molecule has 0 N–H and O–H groups in total. The molecule has 14 heavy (non-hydrogen) atoms. The molecule has 2 unspecified atom stereocenters. The predicted molar refractivity (Wildman–Crippen MR) is 67.5 cm³/mol. The van der Waals surface area contributed by atoms with Gasteiger partial charge in [-0.1, -0.05) is 58.3 Å². The van der Waals surface area contributed by atoms with Crippen molar-refractivity contribution in [2.24, 2.45) is 0 Å². The molecular formula is C12H27OP. The maximum Gasteiger partial charge on any atom is 0.0582 e. The normalized spacial score (nSPS) is 13.1. The summed E-state index contributed by atoms with van der Waals surface area (Å²) in [6.07, 6.45) is 12.8. The second kappa shape index (κ2) is 11.5. The van der Waals surface area contributed by atoms with E-state index >= 15 is 0 Å². The van der Waals surface area contributed by atoms with E-state index in [0.29, 0.717) is 6.10 Å². The largest absolute Gasteiger partial charge is 0.363 e. The van der Waals surface area contributed by atoms with Crippen molar-refractivity contribution < 1.29 is 4.52 Å². The molecule has 0 aliphatic heterocycles. The lowest BCUT2D eigenvalue weighted by atomic mass is 10.1. The summed E-state index contributed by atoms with van der Waals surface area (Å²) in [5.74, 6) is 0. The van der Waals surface area contributed by atoms with Crippen LogP contribution in [0, 0.1) is 0 Å². The van der Waals surface area contributed by atoms with Gasteiger partial charge in [-0.2, -0.15) is 0 Å². The number of hydrogen-bond donors (Lipinski definition) is 0. The average Bonchev–Trinajstić information content (AvgIpc) is 2.21. The van der Waals surface area contributed by atoms with Crippen molar-refractivity contribution in [2.45, 2.75) is 77.7 Å². The number of hydrogen-bond acceptors (Lipinski definition) is 1. The van der Waals surface area contributed by atoms with Crippen LogP contribution in [0.4, 0.5) is 0 Å². The fraction of sp³-hybridized carbons (Fsp3) is 1.00. The minimum atomic E-state index is 0.417. The highest BCUT2D eigenvalue weighted by Crippen LogP contribution is 2.12. The van der Waals surface area contributed by atoms with Crippen LogP contribution < -0.4 is 0 Å². The molecule has 0 heterocycles. The molecular weight excluding hydrogens is 191 g/mol. The lowest BCUT2D eigenvalue weighted by Gasteiger charge is -2.07. The highest BCUT2D eigenvalue weighted by atomic mass is 31.0. The lowest BCUT2D eigenvalue weighted by Crippen LogP contribution is -1.99. The molecule has 0 spiro atoms. The Morgan fingerprint density at radius 1 is 0.929 bits per heavy atom. The maximum absolute atomic E-state index is 5.13. The van der Waals surface area contributed by atoms with Crippen molar-refractivity contribution in [3.05, 3.63) is 0 Å². The zero-order valence-corrected chi connectivity index (χ0v) is 11.1. The molecule has 2 atom stereocenters. The van der Waals surface area contributed by atoms with E-state index in [1.807, 2.05) is 0 Å². The maximum atomic E-state index is 5.13. The first kappa shape index (κ1) is 14.4. The molecule has 0 amide bonds. The molecule has 0 aliphatic rings. The molecule has 0 fully saturated rings. The average molecular weight is 218 g/mol. The van der Waals surface area contributed by atoms with Crippen LogP contribution in [0.2, 0.25) is 0 Å². The molecule has 0 saturated carbocycles. The molecule has 0 aromatic heterocycles. The Balaban J connectivity index is 2.92. The van der Waals surface area contributed by atoms with Gasteiger partial charge >= 0.3 is 0 Å². The minimum absolute atomic E-state index is 0.417. The first-order chi connectivity index (χ1) is 6.81. The van der Waals surface area contributed by atoms with Crippen LogP contribution in [0.15, 0.2) is 0 Å². The molecule has 0 aromatic carbocycles. The van der Waals surface area contributed by atoms with E-state index in [4.69, 9.17) is 4.52 Å². The van der Waals surface area contributed by atoms with Crippen LogP contribution >= 0.6 is 9.47 Å². The van der Waals surface area contributed by atoms with Gasteiger partial charge in [0.1, 0.15) is 0 Å². The minimum Gasteiger partial charge on any atom is -0.363 e. The summed E-state index contributed by atoms with van der Waals surface area (Å²) in [4.78, 5) is 0. The van der Waals surface area contributed by atoms with Gasteiger partial charge in [-0.15, -0.1) is 0 Å². The molecule has 0 aromatic rings. The SMILES string of the molecule is CCCCCCCCCCC(C)OP. The van der Waals surface area contributed by atoms with Crippen LogP contribution in [0.5, 0.6) is 0 Å². The predicted octanol–water partition coefficient (Wildman–Crippen LogP) is 4.71. The summed E-state index contributed by atoms with van der Waals surface area (Å²) >= 11 is 0. The lowest BCUT2D eigenvalue weighted by molar-refractivity contribution is 0.243. The van der Waals surface area contributed by atoms with Crippen LogP contribution in [-0.2, 0) is 4.52 Å². The van der Waals surface area contributed by atoms with E-state index in [0.717, 1.165) is 0 Å². The van der Waals surface area contributed by atoms with Crippen molar-refractivity contribution >= 4 is 9.47 Å². The summed E-state index contributed by atoms with van der Waals surface area (Å²) in [5.41, 5.74) is 0. The Morgan fingerprint density at radius 2 is 1.43 bits per heavy atom. The summed E-state index contributed by atoms with van der Waals surface area (Å²) in [5, 5.41) is 0. The van der Waals surface area contributed by atoms with Gasteiger partial charge in [0, 0.05) is 9.47 Å². The van der Waals surface area contributed by atoms with Crippen LogP contribution in [-0.4, -0.2) is 6.10 Å². The number of rotatable bonds is 10. The van der Waals surface area contributed by atoms with E-state index in [2.05, 4.69) is 23.3 Å². The zero-order valence-electron chi connectivity index (χ0n) is 9.93. The van der Waals surface area contributed by atoms with Crippen molar-refractivity contribution in [3.63, 3.8) is 0 Å². The zero-order chi connectivity index (χ0) is 10.6. The molecule has 0 radical (unpaired) electrons.